The number of likely N-dealkylation sites (tertiary alicyclic amines) is 1. The topological polar surface area (TPSA) is 61.8 Å². The number of nitrogens with zero attached hydrogens (tertiary/aromatic N) is 1. The van der Waals surface area contributed by atoms with Crippen molar-refractivity contribution in [2.24, 2.45) is 0 Å². The van der Waals surface area contributed by atoms with Crippen molar-refractivity contribution in [1.29, 1.82) is 0 Å². The number of nitrogens with one attached hydrogen (secondary N) is 1. The number of carbonyl (C=O) groups is 1. The minimum absolute atomic E-state index is 0.0791. The number of carbonyl (C=O) groups excluding carboxylic acids is 1. The Balaban J connectivity index is 2.17. The fourth-order valence-corrected chi connectivity index (χ4v) is 2.26. The molecular formula is C13H26N2O3. The highest BCUT2D eigenvalue weighted by Crippen LogP contribution is 2.10. The molecular weight excluding hydrogens is 232 g/mol. The molecule has 0 aliphatic carbocycles. The molecule has 106 valence electrons. The molecule has 1 amide bonds. The van der Waals surface area contributed by atoms with Crippen molar-refractivity contribution in [3.8, 4) is 0 Å². The normalized spacial score (nSPS) is 20.9. The summed E-state index contributed by atoms with van der Waals surface area (Å²) < 4.78 is 5.26. The first kappa shape index (κ1) is 15.4. The number of ether oxygens (including phenoxy) is 1. The Bertz CT molecular complexity index is 236. The molecule has 1 unspecified atom stereocenters. The zero-order valence-corrected chi connectivity index (χ0v) is 11.4. The molecule has 0 aromatic rings. The summed E-state index contributed by atoms with van der Waals surface area (Å²) in [5, 5.41) is 11.7. The summed E-state index contributed by atoms with van der Waals surface area (Å²) in [6.07, 6.45) is 3.72. The van der Waals surface area contributed by atoms with Gasteiger partial charge in [0.05, 0.1) is 19.8 Å². The van der Waals surface area contributed by atoms with E-state index in [1.165, 1.54) is 0 Å². The maximum atomic E-state index is 11.5. The highest BCUT2D eigenvalue weighted by atomic mass is 16.5. The molecule has 1 atom stereocenters. The first-order chi connectivity index (χ1) is 8.76. The van der Waals surface area contributed by atoms with Gasteiger partial charge in [-0.25, -0.2) is 0 Å². The van der Waals surface area contributed by atoms with E-state index in [1.807, 2.05) is 6.92 Å². The molecule has 1 saturated heterocycles. The van der Waals surface area contributed by atoms with Gasteiger partial charge in [-0.15, -0.1) is 0 Å². The van der Waals surface area contributed by atoms with Gasteiger partial charge >= 0.3 is 0 Å². The van der Waals surface area contributed by atoms with E-state index in [4.69, 9.17) is 9.84 Å². The van der Waals surface area contributed by atoms with E-state index >= 15 is 0 Å². The van der Waals surface area contributed by atoms with E-state index in [0.29, 0.717) is 19.6 Å². The van der Waals surface area contributed by atoms with Crippen LogP contribution < -0.4 is 5.32 Å². The summed E-state index contributed by atoms with van der Waals surface area (Å²) in [6.45, 7) is 6.02. The Morgan fingerprint density at radius 3 is 3.06 bits per heavy atom. The highest BCUT2D eigenvalue weighted by molar-refractivity contribution is 5.76. The lowest BCUT2D eigenvalue weighted by Crippen LogP contribution is -2.48. The number of aliphatic hydroxyl groups excluding tert-OH is 1. The van der Waals surface area contributed by atoms with Crippen LogP contribution in [0.1, 0.15) is 32.6 Å². The molecule has 1 rings (SSSR count). The van der Waals surface area contributed by atoms with Crippen LogP contribution in [0.5, 0.6) is 0 Å². The van der Waals surface area contributed by atoms with Crippen molar-refractivity contribution in [3.05, 3.63) is 0 Å². The number of aliphatic hydroxyl groups is 1. The fraction of sp³-hybridized carbons (Fsp3) is 0.923. The van der Waals surface area contributed by atoms with Crippen LogP contribution in [0.15, 0.2) is 0 Å². The van der Waals surface area contributed by atoms with E-state index in [1.54, 1.807) is 0 Å². The molecule has 18 heavy (non-hydrogen) atoms. The van der Waals surface area contributed by atoms with Crippen LogP contribution in [0, 0.1) is 0 Å². The Kier molecular flexibility index (Phi) is 7.96. The fourth-order valence-electron chi connectivity index (χ4n) is 2.26. The Morgan fingerprint density at radius 2 is 2.33 bits per heavy atom. The van der Waals surface area contributed by atoms with Crippen LogP contribution in [0.3, 0.4) is 0 Å². The Labute approximate surface area is 109 Å². The quantitative estimate of drug-likeness (QED) is 0.618. The third-order valence-corrected chi connectivity index (χ3v) is 3.14. The predicted molar refractivity (Wildman–Crippen MR) is 70.4 cm³/mol. The van der Waals surface area contributed by atoms with Crippen LogP contribution >= 0.6 is 0 Å². The van der Waals surface area contributed by atoms with E-state index in [9.17, 15) is 4.79 Å². The Hall–Kier alpha value is -0.650. The molecule has 0 saturated carbocycles. The smallest absolute Gasteiger partial charge is 0.220 e. The van der Waals surface area contributed by atoms with Gasteiger partial charge in [-0.3, -0.25) is 9.69 Å². The maximum absolute atomic E-state index is 11.5. The van der Waals surface area contributed by atoms with Gasteiger partial charge in [0, 0.05) is 25.6 Å². The van der Waals surface area contributed by atoms with E-state index in [-0.39, 0.29) is 18.6 Å². The largest absolute Gasteiger partial charge is 0.394 e. The molecule has 0 radical (unpaired) electrons. The lowest BCUT2D eigenvalue weighted by molar-refractivity contribution is -0.122. The third kappa shape index (κ3) is 6.33. The zero-order chi connectivity index (χ0) is 13.2. The number of rotatable bonds is 8. The van der Waals surface area contributed by atoms with Crippen molar-refractivity contribution >= 4 is 5.91 Å². The van der Waals surface area contributed by atoms with Gasteiger partial charge in [-0.05, 0) is 25.8 Å². The summed E-state index contributed by atoms with van der Waals surface area (Å²) in [7, 11) is 0. The van der Waals surface area contributed by atoms with Crippen LogP contribution in [-0.4, -0.2) is 61.4 Å². The number of piperidine rings is 1. The predicted octanol–water partition coefficient (Wildman–Crippen LogP) is 0.376. The van der Waals surface area contributed by atoms with Gasteiger partial charge in [0.1, 0.15) is 0 Å². The second kappa shape index (κ2) is 9.30. The minimum atomic E-state index is 0.0791. The van der Waals surface area contributed by atoms with E-state index in [0.717, 1.165) is 38.9 Å². The molecule has 2 N–H and O–H groups in total. The molecule has 1 aliphatic heterocycles. The molecule has 1 aliphatic rings. The summed E-state index contributed by atoms with van der Waals surface area (Å²) in [5.74, 6) is 0.167. The van der Waals surface area contributed by atoms with Gasteiger partial charge in [-0.1, -0.05) is 6.92 Å². The van der Waals surface area contributed by atoms with E-state index in [2.05, 4.69) is 10.2 Å². The second-order valence-corrected chi connectivity index (χ2v) is 4.79. The van der Waals surface area contributed by atoms with Gasteiger partial charge in [0.2, 0.25) is 5.91 Å². The van der Waals surface area contributed by atoms with Crippen molar-refractivity contribution in [2.45, 2.75) is 38.6 Å². The summed E-state index contributed by atoms with van der Waals surface area (Å²) in [4.78, 5) is 13.9. The average Bonchev–Trinajstić information content (AvgIpc) is 2.35. The lowest BCUT2D eigenvalue weighted by atomic mass is 10.1. The first-order valence-corrected chi connectivity index (χ1v) is 6.96. The van der Waals surface area contributed by atoms with E-state index < -0.39 is 0 Å². The molecule has 0 aromatic carbocycles. The van der Waals surface area contributed by atoms with Crippen LogP contribution in [-0.2, 0) is 9.53 Å². The van der Waals surface area contributed by atoms with Crippen molar-refractivity contribution in [3.63, 3.8) is 0 Å². The average molecular weight is 258 g/mol. The second-order valence-electron chi connectivity index (χ2n) is 4.79. The molecule has 0 bridgehead atoms. The minimum Gasteiger partial charge on any atom is -0.394 e. The summed E-state index contributed by atoms with van der Waals surface area (Å²) in [6, 6.07) is 0.288. The van der Waals surface area contributed by atoms with Crippen LogP contribution in [0.4, 0.5) is 0 Å². The lowest BCUT2D eigenvalue weighted by Gasteiger charge is -2.33. The van der Waals surface area contributed by atoms with Crippen molar-refractivity contribution < 1.29 is 14.6 Å². The van der Waals surface area contributed by atoms with Crippen LogP contribution in [0.25, 0.3) is 0 Å². The molecule has 0 spiro atoms. The third-order valence-electron chi connectivity index (χ3n) is 3.14. The molecule has 5 nitrogen and oxygen atoms in total. The Morgan fingerprint density at radius 1 is 1.50 bits per heavy atom. The van der Waals surface area contributed by atoms with Crippen LogP contribution in [0.2, 0.25) is 0 Å². The summed E-state index contributed by atoms with van der Waals surface area (Å²) >= 11 is 0. The molecule has 1 heterocycles. The van der Waals surface area contributed by atoms with Crippen molar-refractivity contribution in [1.82, 2.24) is 10.2 Å². The van der Waals surface area contributed by atoms with Gasteiger partial charge < -0.3 is 15.2 Å². The van der Waals surface area contributed by atoms with Gasteiger partial charge in [0.25, 0.3) is 0 Å². The SMILES string of the molecule is CCCC(=O)NC1CCCN(CCOCCO)C1. The molecule has 5 heteroatoms. The number of hydrogen-bond acceptors (Lipinski definition) is 4. The maximum Gasteiger partial charge on any atom is 0.220 e. The van der Waals surface area contributed by atoms with Gasteiger partial charge in [0.15, 0.2) is 0 Å². The highest BCUT2D eigenvalue weighted by Gasteiger charge is 2.20. The zero-order valence-electron chi connectivity index (χ0n) is 11.4. The van der Waals surface area contributed by atoms with Crippen molar-refractivity contribution in [2.75, 3.05) is 39.5 Å². The molecule has 1 fully saturated rings. The number of hydrogen-bond donors (Lipinski definition) is 2. The monoisotopic (exact) mass is 258 g/mol. The summed E-state index contributed by atoms with van der Waals surface area (Å²) in [5.41, 5.74) is 0. The standard InChI is InChI=1S/C13H26N2O3/c1-2-4-13(17)14-12-5-3-6-15(11-12)7-9-18-10-8-16/h12,16H,2-11H2,1H3,(H,14,17). The molecule has 0 aromatic heterocycles. The van der Waals surface area contributed by atoms with Gasteiger partial charge in [-0.2, -0.15) is 0 Å². The first-order valence-electron chi connectivity index (χ1n) is 6.96. The number of amides is 1.